The molecule has 104 valence electrons. The number of nitrogens with two attached hydrogens (primary N) is 1. The van der Waals surface area contributed by atoms with E-state index < -0.39 is 0 Å². The van der Waals surface area contributed by atoms with E-state index in [9.17, 15) is 4.79 Å². The molecule has 1 saturated carbocycles. The van der Waals surface area contributed by atoms with E-state index in [1.54, 1.807) is 0 Å². The first-order valence-electron chi connectivity index (χ1n) is 7.51. The van der Waals surface area contributed by atoms with Crippen LogP contribution in [0.3, 0.4) is 0 Å². The minimum Gasteiger partial charge on any atom is -0.353 e. The molecule has 1 aliphatic heterocycles. The quantitative estimate of drug-likeness (QED) is 0.793. The van der Waals surface area contributed by atoms with E-state index in [2.05, 4.69) is 10.2 Å². The monoisotopic (exact) mass is 253 g/mol. The Kier molecular flexibility index (Phi) is 5.45. The van der Waals surface area contributed by atoms with E-state index in [0.717, 1.165) is 26.1 Å². The number of nitrogens with zero attached hydrogens (tertiary/aromatic N) is 1. The second-order valence-electron chi connectivity index (χ2n) is 5.86. The van der Waals surface area contributed by atoms with Crippen molar-refractivity contribution in [1.82, 2.24) is 10.2 Å². The molecule has 0 aromatic carbocycles. The van der Waals surface area contributed by atoms with Gasteiger partial charge in [-0.25, -0.2) is 0 Å². The number of nitrogens with one attached hydrogen (secondary N) is 1. The molecule has 1 heterocycles. The SMILES string of the molecule is N[C@@H]1CCCN(CCC(=O)NC2CCCCC2)C1. The average molecular weight is 253 g/mol. The van der Waals surface area contributed by atoms with Gasteiger partial charge in [-0.2, -0.15) is 0 Å². The Morgan fingerprint density at radius 1 is 1.17 bits per heavy atom. The van der Waals surface area contributed by atoms with Crippen molar-refractivity contribution in [2.24, 2.45) is 5.73 Å². The molecule has 0 spiro atoms. The van der Waals surface area contributed by atoms with Crippen LogP contribution in [0, 0.1) is 0 Å². The molecule has 2 fully saturated rings. The van der Waals surface area contributed by atoms with E-state index >= 15 is 0 Å². The van der Waals surface area contributed by atoms with E-state index in [0.29, 0.717) is 18.5 Å². The van der Waals surface area contributed by atoms with Gasteiger partial charge in [-0.15, -0.1) is 0 Å². The lowest BCUT2D eigenvalue weighted by Gasteiger charge is -2.30. The molecule has 0 unspecified atom stereocenters. The molecule has 1 saturated heterocycles. The Morgan fingerprint density at radius 3 is 2.67 bits per heavy atom. The van der Waals surface area contributed by atoms with E-state index in [-0.39, 0.29) is 5.91 Å². The molecular weight excluding hydrogens is 226 g/mol. The number of hydrogen-bond acceptors (Lipinski definition) is 3. The molecule has 0 aromatic heterocycles. The molecule has 0 radical (unpaired) electrons. The van der Waals surface area contributed by atoms with E-state index in [4.69, 9.17) is 5.73 Å². The number of piperidine rings is 1. The van der Waals surface area contributed by atoms with Crippen LogP contribution in [0.25, 0.3) is 0 Å². The molecule has 0 aromatic rings. The van der Waals surface area contributed by atoms with Crippen LogP contribution in [0.2, 0.25) is 0 Å². The maximum atomic E-state index is 11.9. The number of hydrogen-bond donors (Lipinski definition) is 2. The van der Waals surface area contributed by atoms with Crippen molar-refractivity contribution in [3.8, 4) is 0 Å². The lowest BCUT2D eigenvalue weighted by Crippen LogP contribution is -2.44. The zero-order chi connectivity index (χ0) is 12.8. The Morgan fingerprint density at radius 2 is 1.94 bits per heavy atom. The van der Waals surface area contributed by atoms with Crippen LogP contribution in [-0.4, -0.2) is 42.5 Å². The van der Waals surface area contributed by atoms with Gasteiger partial charge < -0.3 is 16.0 Å². The van der Waals surface area contributed by atoms with Crippen LogP contribution in [0.4, 0.5) is 0 Å². The van der Waals surface area contributed by atoms with Crippen molar-refractivity contribution >= 4 is 5.91 Å². The summed E-state index contributed by atoms with van der Waals surface area (Å²) in [6.45, 7) is 2.92. The average Bonchev–Trinajstić information content (AvgIpc) is 2.38. The Hall–Kier alpha value is -0.610. The Bertz CT molecular complexity index is 264. The van der Waals surface area contributed by atoms with Gasteiger partial charge in [0.05, 0.1) is 0 Å². The first-order chi connectivity index (χ1) is 8.74. The zero-order valence-electron chi connectivity index (χ0n) is 11.4. The molecule has 4 heteroatoms. The highest BCUT2D eigenvalue weighted by Crippen LogP contribution is 2.17. The summed E-state index contributed by atoms with van der Waals surface area (Å²) in [6.07, 6.45) is 9.13. The van der Waals surface area contributed by atoms with Gasteiger partial charge in [0.2, 0.25) is 5.91 Å². The van der Waals surface area contributed by atoms with Crippen LogP contribution in [0.5, 0.6) is 0 Å². The van der Waals surface area contributed by atoms with Gasteiger partial charge in [-0.1, -0.05) is 19.3 Å². The fraction of sp³-hybridized carbons (Fsp3) is 0.929. The first kappa shape index (κ1) is 13.8. The maximum Gasteiger partial charge on any atom is 0.221 e. The summed E-state index contributed by atoms with van der Waals surface area (Å²) in [7, 11) is 0. The second-order valence-corrected chi connectivity index (χ2v) is 5.86. The van der Waals surface area contributed by atoms with Crippen molar-refractivity contribution in [2.45, 2.75) is 63.5 Å². The third kappa shape index (κ3) is 4.58. The summed E-state index contributed by atoms with van der Waals surface area (Å²) in [4.78, 5) is 14.2. The predicted molar refractivity (Wildman–Crippen MR) is 73.3 cm³/mol. The second kappa shape index (κ2) is 7.10. The number of likely N-dealkylation sites (tertiary alicyclic amines) is 1. The lowest BCUT2D eigenvalue weighted by molar-refractivity contribution is -0.122. The fourth-order valence-electron chi connectivity index (χ4n) is 3.10. The predicted octanol–water partition coefficient (Wildman–Crippen LogP) is 1.25. The highest BCUT2D eigenvalue weighted by atomic mass is 16.1. The highest BCUT2D eigenvalue weighted by molar-refractivity contribution is 5.76. The summed E-state index contributed by atoms with van der Waals surface area (Å²) in [5.74, 6) is 0.223. The molecule has 18 heavy (non-hydrogen) atoms. The van der Waals surface area contributed by atoms with Crippen molar-refractivity contribution < 1.29 is 4.79 Å². The number of carbonyl (C=O) groups is 1. The van der Waals surface area contributed by atoms with E-state index in [1.165, 1.54) is 38.5 Å². The summed E-state index contributed by atoms with van der Waals surface area (Å²) < 4.78 is 0. The minimum atomic E-state index is 0.223. The van der Waals surface area contributed by atoms with Gasteiger partial charge in [0.25, 0.3) is 0 Å². The zero-order valence-corrected chi connectivity index (χ0v) is 11.4. The number of amides is 1. The third-order valence-electron chi connectivity index (χ3n) is 4.17. The molecule has 2 aliphatic rings. The normalized spacial score (nSPS) is 27.1. The maximum absolute atomic E-state index is 11.9. The first-order valence-corrected chi connectivity index (χ1v) is 7.51. The molecule has 1 atom stereocenters. The van der Waals surface area contributed by atoms with Gasteiger partial charge in [-0.3, -0.25) is 4.79 Å². The van der Waals surface area contributed by atoms with Crippen molar-refractivity contribution in [3.63, 3.8) is 0 Å². The van der Waals surface area contributed by atoms with Crippen LogP contribution in [0.15, 0.2) is 0 Å². The summed E-state index contributed by atoms with van der Waals surface area (Å²) in [5, 5.41) is 3.17. The summed E-state index contributed by atoms with van der Waals surface area (Å²) in [6, 6.07) is 0.745. The van der Waals surface area contributed by atoms with Crippen LogP contribution in [-0.2, 0) is 4.79 Å². The largest absolute Gasteiger partial charge is 0.353 e. The van der Waals surface area contributed by atoms with Gasteiger partial charge >= 0.3 is 0 Å². The van der Waals surface area contributed by atoms with Crippen molar-refractivity contribution in [3.05, 3.63) is 0 Å². The lowest BCUT2D eigenvalue weighted by atomic mass is 9.95. The number of rotatable bonds is 4. The van der Waals surface area contributed by atoms with Gasteiger partial charge in [-0.05, 0) is 32.2 Å². The van der Waals surface area contributed by atoms with Crippen molar-refractivity contribution in [2.75, 3.05) is 19.6 Å². The summed E-state index contributed by atoms with van der Waals surface area (Å²) >= 11 is 0. The molecular formula is C14H27N3O. The van der Waals surface area contributed by atoms with Gasteiger partial charge in [0.1, 0.15) is 0 Å². The van der Waals surface area contributed by atoms with Gasteiger partial charge in [0, 0.05) is 31.6 Å². The number of carbonyl (C=O) groups excluding carboxylic acids is 1. The molecule has 3 N–H and O–H groups in total. The Labute approximate surface area is 110 Å². The Balaban J connectivity index is 1.61. The fourth-order valence-corrected chi connectivity index (χ4v) is 3.10. The third-order valence-corrected chi connectivity index (χ3v) is 4.17. The molecule has 0 bridgehead atoms. The standard InChI is InChI=1S/C14H27N3O/c15-12-5-4-9-17(11-12)10-8-14(18)16-13-6-2-1-3-7-13/h12-13H,1-11,15H2,(H,16,18)/t12-/m1/s1. The highest BCUT2D eigenvalue weighted by Gasteiger charge is 2.19. The van der Waals surface area contributed by atoms with Crippen LogP contribution >= 0.6 is 0 Å². The molecule has 1 amide bonds. The summed E-state index contributed by atoms with van der Waals surface area (Å²) in [5.41, 5.74) is 5.94. The smallest absolute Gasteiger partial charge is 0.221 e. The van der Waals surface area contributed by atoms with Crippen LogP contribution < -0.4 is 11.1 Å². The molecule has 1 aliphatic carbocycles. The van der Waals surface area contributed by atoms with Gasteiger partial charge in [0.15, 0.2) is 0 Å². The molecule has 4 nitrogen and oxygen atoms in total. The minimum absolute atomic E-state index is 0.223. The molecule has 2 rings (SSSR count). The van der Waals surface area contributed by atoms with Crippen molar-refractivity contribution in [1.29, 1.82) is 0 Å². The van der Waals surface area contributed by atoms with Crippen LogP contribution in [0.1, 0.15) is 51.4 Å². The topological polar surface area (TPSA) is 58.4 Å². The van der Waals surface area contributed by atoms with E-state index in [1.807, 2.05) is 0 Å².